The molecular weight excluding hydrogens is 326 g/mol. The Morgan fingerprint density at radius 1 is 1.29 bits per heavy atom. The quantitative estimate of drug-likeness (QED) is 0.867. The first-order valence-electron chi connectivity index (χ1n) is 8.28. The molecule has 24 heavy (non-hydrogen) atoms. The first kappa shape index (κ1) is 16.7. The van der Waals surface area contributed by atoms with Gasteiger partial charge in [-0.3, -0.25) is 14.2 Å². The summed E-state index contributed by atoms with van der Waals surface area (Å²) in [6.07, 6.45) is 7.12. The van der Waals surface area contributed by atoms with Crippen LogP contribution in [-0.4, -0.2) is 22.0 Å². The highest BCUT2D eigenvalue weighted by Gasteiger charge is 2.18. The summed E-state index contributed by atoms with van der Waals surface area (Å²) >= 11 is 1.47. The third-order valence-electron chi connectivity index (χ3n) is 4.48. The molecule has 1 amide bonds. The van der Waals surface area contributed by atoms with E-state index in [1.54, 1.807) is 0 Å². The van der Waals surface area contributed by atoms with Crippen molar-refractivity contribution >= 4 is 17.2 Å². The van der Waals surface area contributed by atoms with Gasteiger partial charge in [0.05, 0.1) is 6.54 Å². The van der Waals surface area contributed by atoms with E-state index in [1.165, 1.54) is 36.8 Å². The zero-order valence-corrected chi connectivity index (χ0v) is 14.2. The molecule has 6 nitrogen and oxygen atoms in total. The summed E-state index contributed by atoms with van der Waals surface area (Å²) in [4.78, 5) is 40.1. The van der Waals surface area contributed by atoms with Crippen LogP contribution in [0.4, 0.5) is 0 Å². The molecule has 0 unspecified atom stereocenters. The van der Waals surface area contributed by atoms with Gasteiger partial charge >= 0.3 is 5.69 Å². The van der Waals surface area contributed by atoms with Crippen molar-refractivity contribution in [3.8, 4) is 0 Å². The fourth-order valence-corrected chi connectivity index (χ4v) is 3.79. The average Bonchev–Trinajstić information content (AvgIpc) is 3.11. The van der Waals surface area contributed by atoms with Crippen LogP contribution in [0.1, 0.15) is 47.3 Å². The zero-order valence-electron chi connectivity index (χ0n) is 13.4. The van der Waals surface area contributed by atoms with E-state index in [-0.39, 0.29) is 12.1 Å². The van der Waals surface area contributed by atoms with Gasteiger partial charge in [-0.05, 0) is 30.2 Å². The molecule has 0 saturated heterocycles. The normalized spacial score (nSPS) is 15.3. The monoisotopic (exact) mass is 347 g/mol. The van der Waals surface area contributed by atoms with E-state index in [9.17, 15) is 14.4 Å². The number of hydrogen-bond acceptors (Lipinski definition) is 4. The molecule has 0 bridgehead atoms. The van der Waals surface area contributed by atoms with Crippen molar-refractivity contribution in [3.63, 3.8) is 0 Å². The van der Waals surface area contributed by atoms with Gasteiger partial charge < -0.3 is 10.3 Å². The Morgan fingerprint density at radius 2 is 2.08 bits per heavy atom. The lowest BCUT2D eigenvalue weighted by Crippen LogP contribution is -2.41. The third-order valence-corrected chi connectivity index (χ3v) is 5.34. The largest absolute Gasteiger partial charge is 0.352 e. The summed E-state index contributed by atoms with van der Waals surface area (Å²) in [6.45, 7) is 0.762. The number of rotatable bonds is 5. The molecule has 3 rings (SSSR count). The second-order valence-electron chi connectivity index (χ2n) is 6.19. The molecule has 2 aromatic rings. The molecule has 1 aliphatic carbocycles. The summed E-state index contributed by atoms with van der Waals surface area (Å²) in [5.74, 6) is 0.0700. The Balaban J connectivity index is 1.74. The summed E-state index contributed by atoms with van der Waals surface area (Å²) in [5.41, 5.74) is -1.06. The van der Waals surface area contributed by atoms with Gasteiger partial charge in [0.2, 0.25) is 0 Å². The smallest absolute Gasteiger partial charge is 0.328 e. The molecule has 2 aromatic heterocycles. The SMILES string of the molecule is O=C(NCC1CCCCC1)c1c[nH]c(=O)n(Cc2cccs2)c1=O. The van der Waals surface area contributed by atoms with E-state index < -0.39 is 17.2 Å². The first-order valence-corrected chi connectivity index (χ1v) is 9.16. The van der Waals surface area contributed by atoms with Crippen LogP contribution < -0.4 is 16.6 Å². The minimum Gasteiger partial charge on any atom is -0.352 e. The predicted molar refractivity (Wildman–Crippen MR) is 93.7 cm³/mol. The Bertz CT molecular complexity index is 801. The number of carbonyl (C=O) groups is 1. The zero-order chi connectivity index (χ0) is 16.9. The second kappa shape index (κ2) is 7.61. The van der Waals surface area contributed by atoms with Crippen molar-refractivity contribution in [3.05, 3.63) is 55.0 Å². The van der Waals surface area contributed by atoms with Crippen molar-refractivity contribution in [2.45, 2.75) is 38.6 Å². The number of amides is 1. The standard InChI is InChI=1S/C17H21N3O3S/c21-15(18-9-12-5-2-1-3-6-12)14-10-19-17(23)20(16(14)22)11-13-7-4-8-24-13/h4,7-8,10,12H,1-3,5-6,9,11H2,(H,18,21)(H,19,23). The van der Waals surface area contributed by atoms with Crippen LogP contribution in [0.15, 0.2) is 33.3 Å². The number of H-pyrrole nitrogens is 1. The minimum absolute atomic E-state index is 0.0121. The summed E-state index contributed by atoms with van der Waals surface area (Å²) < 4.78 is 1.07. The molecule has 2 heterocycles. The van der Waals surface area contributed by atoms with Gasteiger partial charge in [0, 0.05) is 17.6 Å². The number of aromatic nitrogens is 2. The molecule has 1 saturated carbocycles. The van der Waals surface area contributed by atoms with Crippen molar-refractivity contribution < 1.29 is 4.79 Å². The number of thiophene rings is 1. The van der Waals surface area contributed by atoms with E-state index in [0.717, 1.165) is 22.3 Å². The topological polar surface area (TPSA) is 84.0 Å². The third kappa shape index (κ3) is 3.84. The maximum absolute atomic E-state index is 12.5. The number of hydrogen-bond donors (Lipinski definition) is 2. The molecule has 2 N–H and O–H groups in total. The number of nitrogens with zero attached hydrogens (tertiary/aromatic N) is 1. The Labute approximate surface area is 143 Å². The average molecular weight is 347 g/mol. The molecule has 0 aliphatic heterocycles. The maximum Gasteiger partial charge on any atom is 0.328 e. The highest BCUT2D eigenvalue weighted by Crippen LogP contribution is 2.22. The van der Waals surface area contributed by atoms with Crippen molar-refractivity contribution in [2.75, 3.05) is 6.54 Å². The fourth-order valence-electron chi connectivity index (χ4n) is 3.10. The molecule has 128 valence electrons. The number of nitrogens with one attached hydrogen (secondary N) is 2. The van der Waals surface area contributed by atoms with Crippen LogP contribution in [0.5, 0.6) is 0 Å². The molecule has 0 radical (unpaired) electrons. The number of carbonyl (C=O) groups excluding carboxylic acids is 1. The van der Waals surface area contributed by atoms with Gasteiger partial charge in [-0.1, -0.05) is 25.3 Å². The second-order valence-corrected chi connectivity index (χ2v) is 7.22. The molecular formula is C17H21N3O3S. The van der Waals surface area contributed by atoms with E-state index in [0.29, 0.717) is 12.5 Å². The lowest BCUT2D eigenvalue weighted by atomic mass is 9.89. The predicted octanol–water partition coefficient (Wildman–Crippen LogP) is 1.96. The summed E-state index contributed by atoms with van der Waals surface area (Å²) in [7, 11) is 0. The van der Waals surface area contributed by atoms with Crippen LogP contribution in [0.3, 0.4) is 0 Å². The van der Waals surface area contributed by atoms with Gasteiger partial charge in [-0.2, -0.15) is 0 Å². The lowest BCUT2D eigenvalue weighted by molar-refractivity contribution is 0.0941. The molecule has 7 heteroatoms. The highest BCUT2D eigenvalue weighted by molar-refractivity contribution is 7.09. The molecule has 0 spiro atoms. The van der Waals surface area contributed by atoms with E-state index >= 15 is 0 Å². The van der Waals surface area contributed by atoms with E-state index in [1.807, 2.05) is 17.5 Å². The maximum atomic E-state index is 12.5. The van der Waals surface area contributed by atoms with Crippen LogP contribution in [0.25, 0.3) is 0 Å². The van der Waals surface area contributed by atoms with Crippen molar-refractivity contribution in [1.29, 1.82) is 0 Å². The van der Waals surface area contributed by atoms with Crippen molar-refractivity contribution in [1.82, 2.24) is 14.9 Å². The van der Waals surface area contributed by atoms with Crippen LogP contribution in [-0.2, 0) is 6.54 Å². The lowest BCUT2D eigenvalue weighted by Gasteiger charge is -2.21. The first-order chi connectivity index (χ1) is 11.6. The van der Waals surface area contributed by atoms with Crippen LogP contribution in [0, 0.1) is 5.92 Å². The van der Waals surface area contributed by atoms with Gasteiger partial charge in [-0.15, -0.1) is 11.3 Å². The van der Waals surface area contributed by atoms with Gasteiger partial charge in [-0.25, -0.2) is 4.79 Å². The minimum atomic E-state index is -0.548. The summed E-state index contributed by atoms with van der Waals surface area (Å²) in [6, 6.07) is 3.71. The van der Waals surface area contributed by atoms with Crippen LogP contribution in [0.2, 0.25) is 0 Å². The molecule has 0 atom stereocenters. The molecule has 1 fully saturated rings. The fraction of sp³-hybridized carbons (Fsp3) is 0.471. The Hall–Kier alpha value is -2.15. The Kier molecular flexibility index (Phi) is 5.30. The van der Waals surface area contributed by atoms with Crippen LogP contribution >= 0.6 is 11.3 Å². The van der Waals surface area contributed by atoms with Gasteiger partial charge in [0.15, 0.2) is 0 Å². The van der Waals surface area contributed by atoms with Gasteiger partial charge in [0.25, 0.3) is 11.5 Å². The van der Waals surface area contributed by atoms with E-state index in [2.05, 4.69) is 10.3 Å². The highest BCUT2D eigenvalue weighted by atomic mass is 32.1. The van der Waals surface area contributed by atoms with Crippen molar-refractivity contribution in [2.24, 2.45) is 5.92 Å². The Morgan fingerprint density at radius 3 is 2.79 bits per heavy atom. The number of aromatic amines is 1. The summed E-state index contributed by atoms with van der Waals surface area (Å²) in [5, 5.41) is 4.73. The molecule has 0 aromatic carbocycles. The molecule has 1 aliphatic rings. The van der Waals surface area contributed by atoms with Gasteiger partial charge in [0.1, 0.15) is 5.56 Å². The van der Waals surface area contributed by atoms with E-state index in [4.69, 9.17) is 0 Å².